The fourth-order valence-corrected chi connectivity index (χ4v) is 5.53. The Kier molecular flexibility index (Phi) is 18.2. The van der Waals surface area contributed by atoms with Crippen molar-refractivity contribution in [3.63, 3.8) is 0 Å². The molecule has 0 aliphatic heterocycles. The number of esters is 1. The highest BCUT2D eigenvalue weighted by atomic mass is 28.4. The molecule has 6 heteroatoms. The van der Waals surface area contributed by atoms with Crippen LogP contribution in [0.1, 0.15) is 85.5 Å². The first-order valence-electron chi connectivity index (χ1n) is 10.8. The molecular formula is C21H42O5Si. The van der Waals surface area contributed by atoms with Crippen LogP contribution in [-0.2, 0) is 22.8 Å². The second-order valence-electron chi connectivity index (χ2n) is 6.77. The second kappa shape index (κ2) is 18.7. The van der Waals surface area contributed by atoms with Gasteiger partial charge in [-0.05, 0) is 39.0 Å². The Morgan fingerprint density at radius 3 is 1.70 bits per heavy atom. The van der Waals surface area contributed by atoms with E-state index in [1.807, 2.05) is 6.92 Å². The Morgan fingerprint density at radius 2 is 1.22 bits per heavy atom. The van der Waals surface area contributed by atoms with Crippen LogP contribution in [0.15, 0.2) is 12.2 Å². The SMILES string of the molecule is CC=CC(=O)OCCCCCCCC[Si](OCCC)(OCCC)OCCC. The summed E-state index contributed by atoms with van der Waals surface area (Å²) < 4.78 is 23.5. The molecule has 0 fully saturated rings. The molecule has 0 rings (SSSR count). The van der Waals surface area contributed by atoms with E-state index in [-0.39, 0.29) is 5.97 Å². The Morgan fingerprint density at radius 1 is 0.741 bits per heavy atom. The van der Waals surface area contributed by atoms with Gasteiger partial charge in [-0.15, -0.1) is 0 Å². The summed E-state index contributed by atoms with van der Waals surface area (Å²) in [6.45, 7) is 10.8. The van der Waals surface area contributed by atoms with Gasteiger partial charge in [-0.3, -0.25) is 0 Å². The van der Waals surface area contributed by atoms with Crippen LogP contribution in [0.2, 0.25) is 6.04 Å². The summed E-state index contributed by atoms with van der Waals surface area (Å²) in [6.07, 6.45) is 12.7. The molecule has 5 nitrogen and oxygen atoms in total. The number of ether oxygens (including phenoxy) is 1. The molecule has 0 aromatic heterocycles. The van der Waals surface area contributed by atoms with Gasteiger partial charge in [0.25, 0.3) is 0 Å². The Labute approximate surface area is 168 Å². The zero-order valence-electron chi connectivity index (χ0n) is 18.1. The largest absolute Gasteiger partial charge is 0.500 e. The van der Waals surface area contributed by atoms with Gasteiger partial charge in [0.2, 0.25) is 0 Å². The predicted octanol–water partition coefficient (Wildman–Crippen LogP) is 5.67. The molecule has 0 radical (unpaired) electrons. The summed E-state index contributed by atoms with van der Waals surface area (Å²) in [7, 11) is -2.52. The average molecular weight is 403 g/mol. The highest BCUT2D eigenvalue weighted by Crippen LogP contribution is 2.21. The van der Waals surface area contributed by atoms with E-state index in [0.29, 0.717) is 26.4 Å². The van der Waals surface area contributed by atoms with Crippen LogP contribution < -0.4 is 0 Å². The van der Waals surface area contributed by atoms with Crippen molar-refractivity contribution in [3.8, 4) is 0 Å². The van der Waals surface area contributed by atoms with Crippen molar-refractivity contribution in [1.82, 2.24) is 0 Å². The first kappa shape index (κ1) is 26.3. The van der Waals surface area contributed by atoms with E-state index in [0.717, 1.165) is 57.4 Å². The highest BCUT2D eigenvalue weighted by Gasteiger charge is 2.40. The maximum absolute atomic E-state index is 11.2. The molecule has 0 N–H and O–H groups in total. The second-order valence-corrected chi connectivity index (χ2v) is 9.50. The van der Waals surface area contributed by atoms with Crippen molar-refractivity contribution >= 4 is 14.8 Å². The van der Waals surface area contributed by atoms with Crippen molar-refractivity contribution < 1.29 is 22.8 Å². The van der Waals surface area contributed by atoms with Crippen LogP contribution in [0.3, 0.4) is 0 Å². The van der Waals surface area contributed by atoms with E-state index < -0.39 is 8.80 Å². The molecule has 0 spiro atoms. The average Bonchev–Trinajstić information content (AvgIpc) is 2.67. The van der Waals surface area contributed by atoms with Gasteiger partial charge < -0.3 is 18.0 Å². The molecule has 0 atom stereocenters. The van der Waals surface area contributed by atoms with Gasteiger partial charge in [-0.2, -0.15) is 0 Å². The minimum atomic E-state index is -2.52. The van der Waals surface area contributed by atoms with E-state index in [9.17, 15) is 4.79 Å². The minimum absolute atomic E-state index is 0.245. The predicted molar refractivity (Wildman–Crippen MR) is 113 cm³/mol. The van der Waals surface area contributed by atoms with E-state index in [4.69, 9.17) is 18.0 Å². The van der Waals surface area contributed by atoms with Gasteiger partial charge in [-0.1, -0.05) is 52.5 Å². The summed E-state index contributed by atoms with van der Waals surface area (Å²) in [5.74, 6) is -0.245. The van der Waals surface area contributed by atoms with Crippen LogP contribution in [0.25, 0.3) is 0 Å². The molecule has 0 amide bonds. The molecule has 0 aromatic carbocycles. The normalized spacial score (nSPS) is 12.0. The van der Waals surface area contributed by atoms with Gasteiger partial charge >= 0.3 is 14.8 Å². The number of carbonyl (C=O) groups is 1. The fraction of sp³-hybridized carbons (Fsp3) is 0.857. The molecule has 27 heavy (non-hydrogen) atoms. The van der Waals surface area contributed by atoms with E-state index >= 15 is 0 Å². The fourth-order valence-electron chi connectivity index (χ4n) is 2.62. The quantitative estimate of drug-likeness (QED) is 0.121. The van der Waals surface area contributed by atoms with Crippen molar-refractivity contribution in [2.45, 2.75) is 91.5 Å². The standard InChI is InChI=1S/C21H42O5Si/c1-5-15-21(22)23-19-13-11-9-10-12-14-20-27(24-16-6-2,25-17-7-3)26-18-8-4/h5,15H,6-14,16-20H2,1-4H3. The molecule has 0 aliphatic carbocycles. The molecule has 0 aromatic rings. The smallest absolute Gasteiger partial charge is 0.463 e. The first-order valence-corrected chi connectivity index (χ1v) is 12.8. The van der Waals surface area contributed by atoms with Crippen LogP contribution >= 0.6 is 0 Å². The van der Waals surface area contributed by atoms with E-state index in [2.05, 4.69) is 20.8 Å². The number of carbonyl (C=O) groups excluding carboxylic acids is 1. The minimum Gasteiger partial charge on any atom is -0.463 e. The first-order chi connectivity index (χ1) is 13.1. The lowest BCUT2D eigenvalue weighted by molar-refractivity contribution is -0.137. The Balaban J connectivity index is 4.03. The molecule has 0 heterocycles. The molecule has 160 valence electrons. The maximum atomic E-state index is 11.2. The third kappa shape index (κ3) is 15.0. The van der Waals surface area contributed by atoms with Gasteiger partial charge in [0.1, 0.15) is 0 Å². The van der Waals surface area contributed by atoms with Gasteiger partial charge in [0.15, 0.2) is 0 Å². The third-order valence-corrected chi connectivity index (χ3v) is 6.90. The lowest BCUT2D eigenvalue weighted by atomic mass is 10.1. The number of rotatable bonds is 19. The number of unbranched alkanes of at least 4 members (excludes halogenated alkanes) is 5. The third-order valence-electron chi connectivity index (χ3n) is 4.00. The summed E-state index contributed by atoms with van der Waals surface area (Å²) in [6, 6.07) is 0.911. The Hall–Kier alpha value is -0.693. The summed E-state index contributed by atoms with van der Waals surface area (Å²) >= 11 is 0. The van der Waals surface area contributed by atoms with Crippen molar-refractivity contribution in [2.24, 2.45) is 0 Å². The molecule has 0 unspecified atom stereocenters. The van der Waals surface area contributed by atoms with Crippen LogP contribution in [0.4, 0.5) is 0 Å². The number of allylic oxidation sites excluding steroid dienone is 1. The molecule has 0 saturated carbocycles. The lowest BCUT2D eigenvalue weighted by Gasteiger charge is -2.29. The molecule has 0 saturated heterocycles. The van der Waals surface area contributed by atoms with Crippen molar-refractivity contribution in [3.05, 3.63) is 12.2 Å². The van der Waals surface area contributed by atoms with E-state index in [1.54, 1.807) is 6.08 Å². The van der Waals surface area contributed by atoms with Gasteiger partial charge in [0, 0.05) is 31.9 Å². The number of hydrogen-bond donors (Lipinski definition) is 0. The highest BCUT2D eigenvalue weighted by molar-refractivity contribution is 6.60. The summed E-state index contributed by atoms with van der Waals surface area (Å²) in [4.78, 5) is 11.2. The van der Waals surface area contributed by atoms with Crippen LogP contribution in [0.5, 0.6) is 0 Å². The monoisotopic (exact) mass is 402 g/mol. The molecule has 0 aliphatic rings. The van der Waals surface area contributed by atoms with Crippen LogP contribution in [0, 0.1) is 0 Å². The molecule has 0 bridgehead atoms. The molecular weight excluding hydrogens is 360 g/mol. The van der Waals surface area contributed by atoms with Crippen molar-refractivity contribution in [2.75, 3.05) is 26.4 Å². The maximum Gasteiger partial charge on any atom is 0.500 e. The van der Waals surface area contributed by atoms with Crippen molar-refractivity contribution in [1.29, 1.82) is 0 Å². The van der Waals surface area contributed by atoms with E-state index in [1.165, 1.54) is 12.5 Å². The zero-order chi connectivity index (χ0) is 20.2. The number of hydrogen-bond acceptors (Lipinski definition) is 5. The lowest BCUT2D eigenvalue weighted by Crippen LogP contribution is -2.46. The van der Waals surface area contributed by atoms with Crippen LogP contribution in [-0.4, -0.2) is 41.2 Å². The zero-order valence-corrected chi connectivity index (χ0v) is 19.1. The Bertz CT molecular complexity index is 352. The topological polar surface area (TPSA) is 54.0 Å². The van der Waals surface area contributed by atoms with Gasteiger partial charge in [-0.25, -0.2) is 4.79 Å². The van der Waals surface area contributed by atoms with Gasteiger partial charge in [0.05, 0.1) is 6.61 Å². The summed E-state index contributed by atoms with van der Waals surface area (Å²) in [5, 5.41) is 0. The summed E-state index contributed by atoms with van der Waals surface area (Å²) in [5.41, 5.74) is 0.